The molecule has 8 nitrogen and oxygen atoms in total. The lowest BCUT2D eigenvalue weighted by atomic mass is 9.81. The maximum Gasteiger partial charge on any atom is 0.331 e. The normalized spacial score (nSPS) is 19.0. The number of rotatable bonds is 10. The lowest BCUT2D eigenvalue weighted by molar-refractivity contribution is -0.126. The summed E-state index contributed by atoms with van der Waals surface area (Å²) in [6.07, 6.45) is 10.7. The van der Waals surface area contributed by atoms with Crippen LogP contribution in [0, 0.1) is 11.8 Å². The molecule has 41 heavy (non-hydrogen) atoms. The van der Waals surface area contributed by atoms with Crippen LogP contribution in [0.1, 0.15) is 63.4 Å². The van der Waals surface area contributed by atoms with Crippen LogP contribution in [0.5, 0.6) is 0 Å². The third-order valence-electron chi connectivity index (χ3n) is 8.56. The van der Waals surface area contributed by atoms with E-state index in [0.717, 1.165) is 50.5 Å². The molecular weight excluding hydrogens is 516 g/mol. The molecule has 2 aliphatic rings. The molecule has 216 valence electrons. The van der Waals surface area contributed by atoms with Crippen molar-refractivity contribution in [3.05, 3.63) is 92.6 Å². The van der Waals surface area contributed by atoms with E-state index >= 15 is 0 Å². The molecule has 2 N–H and O–H groups in total. The van der Waals surface area contributed by atoms with Gasteiger partial charge in [0.05, 0.1) is 10.9 Å². The monoisotopic (exact) mass is 556 g/mol. The summed E-state index contributed by atoms with van der Waals surface area (Å²) in [7, 11) is 0. The summed E-state index contributed by atoms with van der Waals surface area (Å²) in [4.78, 5) is 52.6. The van der Waals surface area contributed by atoms with Gasteiger partial charge in [0.2, 0.25) is 11.8 Å². The van der Waals surface area contributed by atoms with E-state index < -0.39 is 5.69 Å². The number of aromatic nitrogens is 2. The molecule has 0 atom stereocenters. The predicted octanol–water partition coefficient (Wildman–Crippen LogP) is 4.29. The highest BCUT2D eigenvalue weighted by molar-refractivity contribution is 5.81. The molecular formula is C33H40N4O4. The lowest BCUT2D eigenvalue weighted by Crippen LogP contribution is -2.44. The number of nitrogens with one attached hydrogen (secondary N) is 2. The van der Waals surface area contributed by atoms with E-state index in [1.165, 1.54) is 27.5 Å². The van der Waals surface area contributed by atoms with E-state index in [2.05, 4.69) is 16.7 Å². The van der Waals surface area contributed by atoms with E-state index in [1.54, 1.807) is 24.3 Å². The number of hydrogen-bond acceptors (Lipinski definition) is 4. The summed E-state index contributed by atoms with van der Waals surface area (Å²) in [5, 5.41) is 6.43. The number of hydrogen-bond donors (Lipinski definition) is 2. The molecule has 0 unspecified atom stereocenters. The first kappa shape index (κ1) is 28.6. The van der Waals surface area contributed by atoms with Gasteiger partial charge in [-0.2, -0.15) is 0 Å². The van der Waals surface area contributed by atoms with Crippen LogP contribution >= 0.6 is 0 Å². The van der Waals surface area contributed by atoms with Gasteiger partial charge in [-0.3, -0.25) is 23.5 Å². The fourth-order valence-corrected chi connectivity index (χ4v) is 6.17. The molecule has 2 aromatic carbocycles. The smallest absolute Gasteiger partial charge is 0.331 e. The second-order valence-corrected chi connectivity index (χ2v) is 11.4. The fraction of sp³-hybridized carbons (Fsp3) is 0.455. The number of carbonyl (C=O) groups is 2. The topological polar surface area (TPSA) is 102 Å². The van der Waals surface area contributed by atoms with E-state index in [-0.39, 0.29) is 42.3 Å². The van der Waals surface area contributed by atoms with Gasteiger partial charge in [0.15, 0.2) is 0 Å². The van der Waals surface area contributed by atoms with Crippen molar-refractivity contribution in [2.45, 2.75) is 77.4 Å². The van der Waals surface area contributed by atoms with Gasteiger partial charge in [-0.05, 0) is 81.4 Å². The second kappa shape index (κ2) is 13.6. The van der Waals surface area contributed by atoms with Crippen molar-refractivity contribution >= 4 is 22.7 Å². The quantitative estimate of drug-likeness (QED) is 0.364. The highest BCUT2D eigenvalue weighted by Crippen LogP contribution is 2.30. The molecule has 3 aromatic rings. The highest BCUT2D eigenvalue weighted by atomic mass is 16.2. The minimum atomic E-state index is -0.457. The molecule has 0 radical (unpaired) electrons. The van der Waals surface area contributed by atoms with Crippen LogP contribution in [0.25, 0.3) is 10.9 Å². The molecule has 8 heteroatoms. The van der Waals surface area contributed by atoms with Crippen LogP contribution < -0.4 is 21.9 Å². The van der Waals surface area contributed by atoms with Crippen molar-refractivity contribution in [3.63, 3.8) is 0 Å². The van der Waals surface area contributed by atoms with Gasteiger partial charge >= 0.3 is 5.69 Å². The minimum Gasteiger partial charge on any atom is -0.354 e. The van der Waals surface area contributed by atoms with Crippen LogP contribution in [0.2, 0.25) is 0 Å². The molecule has 1 heterocycles. The third-order valence-corrected chi connectivity index (χ3v) is 8.56. The van der Waals surface area contributed by atoms with Crippen molar-refractivity contribution in [2.75, 3.05) is 6.54 Å². The van der Waals surface area contributed by atoms with Gasteiger partial charge in [0, 0.05) is 25.6 Å². The summed E-state index contributed by atoms with van der Waals surface area (Å²) in [5.74, 6) is -0.122. The Kier molecular flexibility index (Phi) is 9.49. The maximum atomic E-state index is 13.6. The van der Waals surface area contributed by atoms with Gasteiger partial charge in [-0.15, -0.1) is 0 Å². The first-order valence-corrected chi connectivity index (χ1v) is 15.0. The zero-order valence-electron chi connectivity index (χ0n) is 23.6. The number of nitrogens with zero attached hydrogens (tertiary/aromatic N) is 2. The molecule has 0 aliphatic heterocycles. The van der Waals surface area contributed by atoms with Gasteiger partial charge in [0.1, 0.15) is 6.54 Å². The van der Waals surface area contributed by atoms with Gasteiger partial charge < -0.3 is 10.6 Å². The zero-order valence-corrected chi connectivity index (χ0v) is 23.6. The Morgan fingerprint density at radius 3 is 2.37 bits per heavy atom. The van der Waals surface area contributed by atoms with E-state index in [9.17, 15) is 19.2 Å². The first-order chi connectivity index (χ1) is 20.0. The summed E-state index contributed by atoms with van der Waals surface area (Å²) < 4.78 is 2.72. The number of para-hydroxylation sites is 1. The van der Waals surface area contributed by atoms with Gasteiger partial charge in [0.25, 0.3) is 5.56 Å². The van der Waals surface area contributed by atoms with E-state index in [1.807, 2.05) is 30.3 Å². The van der Waals surface area contributed by atoms with Crippen molar-refractivity contribution in [1.82, 2.24) is 19.8 Å². The van der Waals surface area contributed by atoms with Crippen molar-refractivity contribution in [3.8, 4) is 0 Å². The Morgan fingerprint density at radius 2 is 1.61 bits per heavy atom. The predicted molar refractivity (Wildman–Crippen MR) is 160 cm³/mol. The summed E-state index contributed by atoms with van der Waals surface area (Å²) in [5.41, 5.74) is 2.14. The van der Waals surface area contributed by atoms with E-state index in [0.29, 0.717) is 24.0 Å². The lowest BCUT2D eigenvalue weighted by Gasteiger charge is -2.28. The zero-order chi connectivity index (χ0) is 28.6. The van der Waals surface area contributed by atoms with Crippen molar-refractivity contribution in [1.29, 1.82) is 0 Å². The number of amides is 2. The Labute approximate surface area is 240 Å². The van der Waals surface area contributed by atoms with Crippen LogP contribution in [-0.4, -0.2) is 27.5 Å². The number of allylic oxidation sites excluding steroid dienone is 1. The van der Waals surface area contributed by atoms with Crippen molar-refractivity contribution in [2.24, 2.45) is 11.8 Å². The average molecular weight is 557 g/mol. The number of carbonyl (C=O) groups excluding carboxylic acids is 2. The summed E-state index contributed by atoms with van der Waals surface area (Å²) >= 11 is 0. The minimum absolute atomic E-state index is 0.0586. The molecule has 0 spiro atoms. The largest absolute Gasteiger partial charge is 0.354 e. The Morgan fingerprint density at radius 1 is 0.854 bits per heavy atom. The standard InChI is InChI=1S/C33H40N4O4/c38-30(34-20-19-24-9-3-1-4-10-24)23-36-29-14-8-7-13-28(29)32(40)37(33(36)41)22-26-15-17-27(18-16-26)31(39)35-21-25-11-5-2-6-12-25/h2,5-9,11-14,26-27H,1,3-4,10,15-23H2,(H,34,38)(H,35,39). The Bertz CT molecular complexity index is 1510. The average Bonchev–Trinajstić information content (AvgIpc) is 3.01. The van der Waals surface area contributed by atoms with Crippen LogP contribution in [0.4, 0.5) is 0 Å². The van der Waals surface area contributed by atoms with Crippen LogP contribution in [0.3, 0.4) is 0 Å². The molecule has 1 saturated carbocycles. The van der Waals surface area contributed by atoms with Gasteiger partial charge in [-0.25, -0.2) is 4.79 Å². The van der Waals surface area contributed by atoms with Crippen LogP contribution in [0.15, 0.2) is 75.8 Å². The SMILES string of the molecule is O=C(Cn1c(=O)n(CC2CCC(C(=O)NCc3ccccc3)CC2)c(=O)c2ccccc21)NCCC1=CCCCC1. The van der Waals surface area contributed by atoms with Crippen LogP contribution in [-0.2, 0) is 29.2 Å². The summed E-state index contributed by atoms with van der Waals surface area (Å²) in [6, 6.07) is 16.8. The Balaban J connectivity index is 1.22. The first-order valence-electron chi connectivity index (χ1n) is 15.0. The molecule has 0 bridgehead atoms. The molecule has 0 saturated heterocycles. The Hall–Kier alpha value is -3.94. The number of fused-ring (bicyclic) bond motifs is 1. The van der Waals surface area contributed by atoms with Gasteiger partial charge in [-0.1, -0.05) is 54.1 Å². The highest BCUT2D eigenvalue weighted by Gasteiger charge is 2.27. The maximum absolute atomic E-state index is 13.6. The van der Waals surface area contributed by atoms with E-state index in [4.69, 9.17) is 0 Å². The molecule has 2 aliphatic carbocycles. The fourth-order valence-electron chi connectivity index (χ4n) is 6.17. The second-order valence-electron chi connectivity index (χ2n) is 11.4. The molecule has 1 fully saturated rings. The molecule has 1 aromatic heterocycles. The summed E-state index contributed by atoms with van der Waals surface area (Å²) in [6.45, 7) is 1.21. The van der Waals surface area contributed by atoms with Crippen molar-refractivity contribution < 1.29 is 9.59 Å². The molecule has 2 amide bonds. The third kappa shape index (κ3) is 7.23. The number of benzene rings is 2. The molecule has 5 rings (SSSR count).